The summed E-state index contributed by atoms with van der Waals surface area (Å²) in [6.07, 6.45) is 0.914. The molecule has 0 atom stereocenters. The van der Waals surface area contributed by atoms with Crippen LogP contribution in [0.3, 0.4) is 0 Å². The minimum absolute atomic E-state index is 0.149. The number of hydrogen-bond donors (Lipinski definition) is 0. The molecule has 4 heteroatoms. The van der Waals surface area contributed by atoms with Crippen LogP contribution in [-0.4, -0.2) is 15.4 Å². The summed E-state index contributed by atoms with van der Waals surface area (Å²) < 4.78 is 17.9. The molecule has 0 heterocycles. The standard InChI is InChI=1S/C36H42O3Si/c1-8-34(28-12-10-9-11-13-28)35(30-18-24-33(25-19-30)39-40(6,7)36(2,3)4)29-16-22-32(23-17-29)38-26-27-14-20-31(37-5)21-15-27/h9-25H,8,26H2,1-7H3. The predicted octanol–water partition coefficient (Wildman–Crippen LogP) is 10.0. The zero-order valence-electron chi connectivity index (χ0n) is 25.0. The van der Waals surface area contributed by atoms with Gasteiger partial charge in [-0.2, -0.15) is 0 Å². The van der Waals surface area contributed by atoms with Gasteiger partial charge in [-0.15, -0.1) is 0 Å². The number of rotatable bonds is 10. The summed E-state index contributed by atoms with van der Waals surface area (Å²) in [5, 5.41) is 0.149. The molecule has 40 heavy (non-hydrogen) atoms. The SMILES string of the molecule is CCC(=C(c1ccc(OCc2ccc(OC)cc2)cc1)c1ccc(O[Si](C)(C)C(C)(C)C)cc1)c1ccccc1. The second-order valence-corrected chi connectivity index (χ2v) is 16.3. The smallest absolute Gasteiger partial charge is 0.250 e. The fraction of sp³-hybridized carbons (Fsp3) is 0.278. The van der Waals surface area contributed by atoms with E-state index in [4.69, 9.17) is 13.9 Å². The van der Waals surface area contributed by atoms with E-state index in [1.807, 2.05) is 24.3 Å². The normalized spacial score (nSPS) is 12.5. The van der Waals surface area contributed by atoms with Crippen LogP contribution in [0, 0.1) is 0 Å². The van der Waals surface area contributed by atoms with Crippen LogP contribution < -0.4 is 13.9 Å². The topological polar surface area (TPSA) is 27.7 Å². The largest absolute Gasteiger partial charge is 0.544 e. The third kappa shape index (κ3) is 7.05. The van der Waals surface area contributed by atoms with Crippen molar-refractivity contribution in [3.05, 3.63) is 125 Å². The molecule has 0 bridgehead atoms. The van der Waals surface area contributed by atoms with Crippen molar-refractivity contribution in [2.75, 3.05) is 7.11 Å². The Hall–Kier alpha value is -3.76. The minimum Gasteiger partial charge on any atom is -0.544 e. The second-order valence-electron chi connectivity index (χ2n) is 11.6. The Bertz CT molecular complexity index is 1400. The molecule has 208 valence electrons. The first kappa shape index (κ1) is 29.2. The zero-order valence-corrected chi connectivity index (χ0v) is 26.0. The van der Waals surface area contributed by atoms with E-state index in [0.717, 1.165) is 34.8 Å². The summed E-state index contributed by atoms with van der Waals surface area (Å²) >= 11 is 0. The first-order valence-electron chi connectivity index (χ1n) is 14.1. The third-order valence-electron chi connectivity index (χ3n) is 7.81. The van der Waals surface area contributed by atoms with Crippen molar-refractivity contribution in [1.29, 1.82) is 0 Å². The lowest BCUT2D eigenvalue weighted by atomic mass is 9.88. The van der Waals surface area contributed by atoms with E-state index in [0.29, 0.717) is 6.61 Å². The van der Waals surface area contributed by atoms with Gasteiger partial charge in [0.15, 0.2) is 0 Å². The van der Waals surface area contributed by atoms with Crippen LogP contribution >= 0.6 is 0 Å². The van der Waals surface area contributed by atoms with E-state index >= 15 is 0 Å². The molecule has 0 aliphatic carbocycles. The molecular formula is C36H42O3Si. The Balaban J connectivity index is 1.65. The van der Waals surface area contributed by atoms with E-state index in [1.54, 1.807) is 7.11 Å². The highest BCUT2D eigenvalue weighted by Crippen LogP contribution is 2.39. The molecule has 4 aromatic carbocycles. The fourth-order valence-electron chi connectivity index (χ4n) is 4.42. The quantitative estimate of drug-likeness (QED) is 0.145. The lowest BCUT2D eigenvalue weighted by molar-refractivity contribution is 0.306. The van der Waals surface area contributed by atoms with Crippen molar-refractivity contribution >= 4 is 19.5 Å². The van der Waals surface area contributed by atoms with Crippen molar-refractivity contribution < 1.29 is 13.9 Å². The van der Waals surface area contributed by atoms with Gasteiger partial charge in [-0.1, -0.05) is 94.4 Å². The Morgan fingerprint density at radius 3 is 1.68 bits per heavy atom. The van der Waals surface area contributed by atoms with Crippen molar-refractivity contribution in [2.24, 2.45) is 0 Å². The van der Waals surface area contributed by atoms with Crippen molar-refractivity contribution in [3.63, 3.8) is 0 Å². The van der Waals surface area contributed by atoms with Crippen LogP contribution in [0.15, 0.2) is 103 Å². The molecule has 0 spiro atoms. The monoisotopic (exact) mass is 550 g/mol. The third-order valence-corrected chi connectivity index (χ3v) is 12.2. The fourth-order valence-corrected chi connectivity index (χ4v) is 5.45. The molecular weight excluding hydrogens is 508 g/mol. The maximum absolute atomic E-state index is 6.57. The summed E-state index contributed by atoms with van der Waals surface area (Å²) in [5.41, 5.74) is 7.22. The molecule has 0 N–H and O–H groups in total. The number of allylic oxidation sites excluding steroid dienone is 1. The molecule has 0 saturated carbocycles. The van der Waals surface area contributed by atoms with Gasteiger partial charge in [-0.25, -0.2) is 0 Å². The van der Waals surface area contributed by atoms with Crippen LogP contribution in [0.5, 0.6) is 17.2 Å². The average molecular weight is 551 g/mol. The highest BCUT2D eigenvalue weighted by Gasteiger charge is 2.38. The number of benzene rings is 4. The van der Waals surface area contributed by atoms with Gasteiger partial charge in [0.1, 0.15) is 23.9 Å². The molecule has 0 fully saturated rings. The van der Waals surface area contributed by atoms with E-state index in [-0.39, 0.29) is 5.04 Å². The second kappa shape index (κ2) is 12.6. The number of hydrogen-bond acceptors (Lipinski definition) is 3. The molecule has 4 aromatic rings. The van der Waals surface area contributed by atoms with Gasteiger partial charge in [-0.3, -0.25) is 0 Å². The van der Waals surface area contributed by atoms with Gasteiger partial charge < -0.3 is 13.9 Å². The summed E-state index contributed by atoms with van der Waals surface area (Å²) in [5.74, 6) is 2.63. The molecule has 0 aliphatic rings. The predicted molar refractivity (Wildman–Crippen MR) is 171 cm³/mol. The van der Waals surface area contributed by atoms with Crippen LogP contribution in [0.2, 0.25) is 18.1 Å². The van der Waals surface area contributed by atoms with E-state index in [2.05, 4.69) is 120 Å². The number of ether oxygens (including phenoxy) is 2. The zero-order chi connectivity index (χ0) is 28.8. The Morgan fingerprint density at radius 1 is 0.650 bits per heavy atom. The molecule has 0 aliphatic heterocycles. The Morgan fingerprint density at radius 2 is 1.18 bits per heavy atom. The molecule has 0 saturated heterocycles. The van der Waals surface area contributed by atoms with Gasteiger partial charge >= 0.3 is 0 Å². The van der Waals surface area contributed by atoms with Crippen molar-refractivity contribution in [1.82, 2.24) is 0 Å². The molecule has 0 aromatic heterocycles. The van der Waals surface area contributed by atoms with Crippen molar-refractivity contribution in [3.8, 4) is 17.2 Å². The van der Waals surface area contributed by atoms with Gasteiger partial charge in [0.25, 0.3) is 0 Å². The van der Waals surface area contributed by atoms with Crippen molar-refractivity contribution in [2.45, 2.75) is 58.9 Å². The molecule has 3 nitrogen and oxygen atoms in total. The first-order chi connectivity index (χ1) is 19.1. The van der Waals surface area contributed by atoms with Gasteiger partial charge in [-0.05, 0) is 94.4 Å². The minimum atomic E-state index is -1.91. The molecule has 4 rings (SSSR count). The summed E-state index contributed by atoms with van der Waals surface area (Å²) in [6, 6.07) is 35.7. The molecule has 0 amide bonds. The number of methoxy groups -OCH3 is 1. The van der Waals surface area contributed by atoms with Gasteiger partial charge in [0, 0.05) is 0 Å². The Labute approximate surface area is 241 Å². The first-order valence-corrected chi connectivity index (χ1v) is 17.0. The van der Waals surface area contributed by atoms with E-state index < -0.39 is 8.32 Å². The summed E-state index contributed by atoms with van der Waals surface area (Å²) in [7, 11) is -0.236. The lowest BCUT2D eigenvalue weighted by Gasteiger charge is -2.36. The Kier molecular flexibility index (Phi) is 9.21. The molecule has 0 radical (unpaired) electrons. The van der Waals surface area contributed by atoms with Crippen LogP contribution in [-0.2, 0) is 6.61 Å². The lowest BCUT2D eigenvalue weighted by Crippen LogP contribution is -2.43. The van der Waals surface area contributed by atoms with Crippen LogP contribution in [0.25, 0.3) is 11.1 Å². The summed E-state index contributed by atoms with van der Waals surface area (Å²) in [4.78, 5) is 0. The van der Waals surface area contributed by atoms with Crippen LogP contribution in [0.1, 0.15) is 56.4 Å². The van der Waals surface area contributed by atoms with Crippen LogP contribution in [0.4, 0.5) is 0 Å². The highest BCUT2D eigenvalue weighted by atomic mass is 28.4. The highest BCUT2D eigenvalue weighted by molar-refractivity contribution is 6.74. The summed E-state index contributed by atoms with van der Waals surface area (Å²) in [6.45, 7) is 14.1. The maximum atomic E-state index is 6.57. The van der Waals surface area contributed by atoms with Gasteiger partial charge in [0.05, 0.1) is 7.11 Å². The average Bonchev–Trinajstić information content (AvgIpc) is 2.96. The van der Waals surface area contributed by atoms with Gasteiger partial charge in [0.2, 0.25) is 8.32 Å². The van der Waals surface area contributed by atoms with E-state index in [1.165, 1.54) is 22.3 Å². The molecule has 0 unspecified atom stereocenters. The van der Waals surface area contributed by atoms with E-state index in [9.17, 15) is 0 Å². The maximum Gasteiger partial charge on any atom is 0.250 e.